The van der Waals surface area contributed by atoms with Gasteiger partial charge in [0.25, 0.3) is 0 Å². The minimum Gasteiger partial charge on any atom is -0.313 e. The minimum atomic E-state index is 0.596. The Kier molecular flexibility index (Phi) is 7.25. The quantitative estimate of drug-likeness (QED) is 0.778. The van der Waals surface area contributed by atoms with Crippen molar-refractivity contribution in [2.45, 2.75) is 84.8 Å². The largest absolute Gasteiger partial charge is 0.313 e. The highest BCUT2D eigenvalue weighted by molar-refractivity contribution is 4.84. The van der Waals surface area contributed by atoms with Crippen LogP contribution in [0.1, 0.15) is 66.7 Å². The summed E-state index contributed by atoms with van der Waals surface area (Å²) in [5.74, 6) is 0.739. The number of nitrogens with one attached hydrogen (secondary N) is 1. The van der Waals surface area contributed by atoms with Crippen molar-refractivity contribution < 1.29 is 0 Å². The fourth-order valence-corrected chi connectivity index (χ4v) is 3.17. The summed E-state index contributed by atoms with van der Waals surface area (Å²) in [7, 11) is 0. The van der Waals surface area contributed by atoms with Crippen LogP contribution in [0.15, 0.2) is 0 Å². The van der Waals surface area contributed by atoms with Crippen molar-refractivity contribution in [3.05, 3.63) is 0 Å². The van der Waals surface area contributed by atoms with Gasteiger partial charge in [0.05, 0.1) is 0 Å². The fourth-order valence-electron chi connectivity index (χ4n) is 3.17. The average Bonchev–Trinajstić information content (AvgIpc) is 2.53. The van der Waals surface area contributed by atoms with Crippen LogP contribution in [0.5, 0.6) is 0 Å². The third-order valence-corrected chi connectivity index (χ3v) is 4.32. The first-order valence-electron chi connectivity index (χ1n) is 8.05. The van der Waals surface area contributed by atoms with E-state index in [9.17, 15) is 0 Å². The maximum atomic E-state index is 3.65. The SMILES string of the molecule is CCC1CCCCCN1C(CNC(C)C)C(C)C. The van der Waals surface area contributed by atoms with E-state index in [0.29, 0.717) is 12.1 Å². The molecule has 0 aromatic rings. The molecule has 2 heteroatoms. The second-order valence-corrected chi connectivity index (χ2v) is 6.52. The highest BCUT2D eigenvalue weighted by Crippen LogP contribution is 2.24. The van der Waals surface area contributed by atoms with Crippen LogP contribution < -0.4 is 5.32 Å². The highest BCUT2D eigenvalue weighted by Gasteiger charge is 2.28. The molecule has 0 aromatic carbocycles. The van der Waals surface area contributed by atoms with E-state index in [0.717, 1.165) is 18.5 Å². The van der Waals surface area contributed by atoms with E-state index in [1.165, 1.54) is 38.6 Å². The Labute approximate surface area is 115 Å². The van der Waals surface area contributed by atoms with E-state index in [-0.39, 0.29) is 0 Å². The van der Waals surface area contributed by atoms with Gasteiger partial charge in [0.1, 0.15) is 0 Å². The predicted octanol–water partition coefficient (Wildman–Crippen LogP) is 3.66. The molecule has 18 heavy (non-hydrogen) atoms. The zero-order valence-electron chi connectivity index (χ0n) is 13.2. The van der Waals surface area contributed by atoms with Gasteiger partial charge in [0.2, 0.25) is 0 Å². The van der Waals surface area contributed by atoms with Gasteiger partial charge < -0.3 is 5.32 Å². The normalized spacial score (nSPS) is 24.5. The Morgan fingerprint density at radius 3 is 2.39 bits per heavy atom. The van der Waals surface area contributed by atoms with Crippen molar-refractivity contribution in [3.8, 4) is 0 Å². The first-order valence-corrected chi connectivity index (χ1v) is 8.05. The molecule has 2 unspecified atom stereocenters. The molecule has 0 aromatic heterocycles. The van der Waals surface area contributed by atoms with Crippen molar-refractivity contribution >= 4 is 0 Å². The van der Waals surface area contributed by atoms with Crippen molar-refractivity contribution in [1.29, 1.82) is 0 Å². The summed E-state index contributed by atoms with van der Waals surface area (Å²) in [5, 5.41) is 3.65. The number of nitrogens with zero attached hydrogens (tertiary/aromatic N) is 1. The summed E-state index contributed by atoms with van der Waals surface area (Å²) in [6.45, 7) is 14.1. The number of hydrogen-bond acceptors (Lipinski definition) is 2. The summed E-state index contributed by atoms with van der Waals surface area (Å²) in [6.07, 6.45) is 6.96. The lowest BCUT2D eigenvalue weighted by Gasteiger charge is -2.39. The van der Waals surface area contributed by atoms with Gasteiger partial charge in [0.15, 0.2) is 0 Å². The maximum Gasteiger partial charge on any atom is 0.0246 e. The van der Waals surface area contributed by atoms with Crippen LogP contribution >= 0.6 is 0 Å². The zero-order chi connectivity index (χ0) is 13.5. The zero-order valence-corrected chi connectivity index (χ0v) is 13.2. The van der Waals surface area contributed by atoms with Crippen LogP contribution in [0.3, 0.4) is 0 Å². The van der Waals surface area contributed by atoms with E-state index >= 15 is 0 Å². The molecule has 1 rings (SSSR count). The fraction of sp³-hybridized carbons (Fsp3) is 1.00. The van der Waals surface area contributed by atoms with E-state index < -0.39 is 0 Å². The summed E-state index contributed by atoms with van der Waals surface area (Å²) in [6, 6.07) is 2.11. The summed E-state index contributed by atoms with van der Waals surface area (Å²) < 4.78 is 0. The van der Waals surface area contributed by atoms with Crippen molar-refractivity contribution in [3.63, 3.8) is 0 Å². The number of hydrogen-bond donors (Lipinski definition) is 1. The molecule has 0 aliphatic carbocycles. The molecular weight excluding hydrogens is 220 g/mol. The van der Waals surface area contributed by atoms with Crippen molar-refractivity contribution in [2.24, 2.45) is 5.92 Å². The first kappa shape index (κ1) is 16.0. The Morgan fingerprint density at radius 2 is 1.83 bits per heavy atom. The molecule has 108 valence electrons. The lowest BCUT2D eigenvalue weighted by Crippen LogP contribution is -2.51. The molecule has 1 N–H and O–H groups in total. The lowest BCUT2D eigenvalue weighted by atomic mass is 9.98. The van der Waals surface area contributed by atoms with E-state index in [1.807, 2.05) is 0 Å². The summed E-state index contributed by atoms with van der Waals surface area (Å²) >= 11 is 0. The maximum absolute atomic E-state index is 3.65. The monoisotopic (exact) mass is 254 g/mol. The molecular formula is C16H34N2. The molecule has 1 aliphatic heterocycles. The van der Waals surface area contributed by atoms with Crippen LogP contribution in [0, 0.1) is 5.92 Å². The Balaban J connectivity index is 2.67. The van der Waals surface area contributed by atoms with Gasteiger partial charge >= 0.3 is 0 Å². The Hall–Kier alpha value is -0.0800. The van der Waals surface area contributed by atoms with Crippen molar-refractivity contribution in [1.82, 2.24) is 10.2 Å². The molecule has 0 spiro atoms. The molecule has 0 amide bonds. The van der Waals surface area contributed by atoms with Gasteiger partial charge in [-0.25, -0.2) is 0 Å². The number of likely N-dealkylation sites (tertiary alicyclic amines) is 1. The van der Waals surface area contributed by atoms with Crippen molar-refractivity contribution in [2.75, 3.05) is 13.1 Å². The molecule has 0 saturated carbocycles. The lowest BCUT2D eigenvalue weighted by molar-refractivity contribution is 0.0978. The van der Waals surface area contributed by atoms with Crippen LogP contribution in [0.2, 0.25) is 0 Å². The second-order valence-electron chi connectivity index (χ2n) is 6.52. The Bertz CT molecular complexity index is 213. The third-order valence-electron chi connectivity index (χ3n) is 4.32. The Morgan fingerprint density at radius 1 is 1.11 bits per heavy atom. The topological polar surface area (TPSA) is 15.3 Å². The molecule has 2 nitrogen and oxygen atoms in total. The predicted molar refractivity (Wildman–Crippen MR) is 81.0 cm³/mol. The van der Waals surface area contributed by atoms with Gasteiger partial charge in [-0.05, 0) is 31.7 Å². The third kappa shape index (κ3) is 4.89. The van der Waals surface area contributed by atoms with E-state index in [1.54, 1.807) is 0 Å². The molecule has 1 saturated heterocycles. The molecule has 1 aliphatic rings. The van der Waals surface area contributed by atoms with Crippen LogP contribution in [-0.2, 0) is 0 Å². The molecule has 0 radical (unpaired) electrons. The van der Waals surface area contributed by atoms with Crippen LogP contribution in [0.25, 0.3) is 0 Å². The number of rotatable bonds is 6. The second kappa shape index (κ2) is 8.16. The van der Waals surface area contributed by atoms with Gasteiger partial charge in [-0.3, -0.25) is 4.90 Å². The van der Waals surface area contributed by atoms with E-state index in [4.69, 9.17) is 0 Å². The van der Waals surface area contributed by atoms with Gasteiger partial charge in [0, 0.05) is 24.7 Å². The first-order chi connectivity index (χ1) is 8.56. The highest BCUT2D eigenvalue weighted by atomic mass is 15.2. The van der Waals surface area contributed by atoms with E-state index in [2.05, 4.69) is 44.8 Å². The van der Waals surface area contributed by atoms with Gasteiger partial charge in [-0.2, -0.15) is 0 Å². The standard InChI is InChI=1S/C16H34N2/c1-6-15-10-8-7-9-11-18(15)16(13(2)3)12-17-14(4)5/h13-17H,6-12H2,1-5H3. The van der Waals surface area contributed by atoms with Gasteiger partial charge in [-0.15, -0.1) is 0 Å². The molecule has 1 fully saturated rings. The smallest absolute Gasteiger partial charge is 0.0246 e. The minimum absolute atomic E-state index is 0.596. The molecule has 0 bridgehead atoms. The average molecular weight is 254 g/mol. The van der Waals surface area contributed by atoms with Crippen LogP contribution in [-0.4, -0.2) is 36.1 Å². The van der Waals surface area contributed by atoms with Crippen LogP contribution in [0.4, 0.5) is 0 Å². The molecule has 1 heterocycles. The summed E-state index contributed by atoms with van der Waals surface area (Å²) in [5.41, 5.74) is 0. The summed E-state index contributed by atoms with van der Waals surface area (Å²) in [4.78, 5) is 2.81. The van der Waals surface area contributed by atoms with Gasteiger partial charge in [-0.1, -0.05) is 47.5 Å². The molecule has 2 atom stereocenters.